The number of benzene rings is 2. The lowest BCUT2D eigenvalue weighted by atomic mass is 10.0. The van der Waals surface area contributed by atoms with Gasteiger partial charge in [0.25, 0.3) is 5.60 Å². The fourth-order valence-corrected chi connectivity index (χ4v) is 6.09. The Kier molecular flexibility index (Phi) is 8.08. The fourth-order valence-electron chi connectivity index (χ4n) is 3.60. The van der Waals surface area contributed by atoms with E-state index in [4.69, 9.17) is 14.2 Å². The molecule has 0 radical (unpaired) electrons. The Labute approximate surface area is 190 Å². The number of methoxy groups -OCH3 is 1. The summed E-state index contributed by atoms with van der Waals surface area (Å²) < 4.78 is 92.8. The van der Waals surface area contributed by atoms with Crippen LogP contribution in [0.3, 0.4) is 0 Å². The third-order valence-corrected chi connectivity index (χ3v) is 7.97. The van der Waals surface area contributed by atoms with Crippen LogP contribution in [0.2, 0.25) is 0 Å². The van der Waals surface area contributed by atoms with E-state index in [9.17, 15) is 31.4 Å². The lowest BCUT2D eigenvalue weighted by molar-refractivity contribution is -0.379. The molecule has 2 aromatic carbocycles. The molecule has 0 atom stereocenters. The van der Waals surface area contributed by atoms with Crippen LogP contribution in [0, 0.1) is 0 Å². The smallest absolute Gasteiger partial charge is 0.428 e. The Morgan fingerprint density at radius 2 is 1.52 bits per heavy atom. The minimum Gasteiger partial charge on any atom is -0.491 e. The van der Waals surface area contributed by atoms with E-state index >= 15 is 0 Å². The van der Waals surface area contributed by atoms with Crippen molar-refractivity contribution in [3.63, 3.8) is 0 Å². The molecule has 4 nitrogen and oxygen atoms in total. The van der Waals surface area contributed by atoms with Crippen LogP contribution in [0.25, 0.3) is 10.8 Å². The lowest BCUT2D eigenvalue weighted by Gasteiger charge is -2.33. The maximum atomic E-state index is 12.9. The van der Waals surface area contributed by atoms with Crippen LogP contribution in [0.15, 0.2) is 41.3 Å². The Bertz CT molecular complexity index is 911. The quantitative estimate of drug-likeness (QED) is 0.320. The van der Waals surface area contributed by atoms with E-state index in [-0.39, 0.29) is 10.9 Å². The Hall–Kier alpha value is -1.69. The second-order valence-electron chi connectivity index (χ2n) is 7.72. The minimum atomic E-state index is -5.88. The Morgan fingerprint density at radius 1 is 0.909 bits per heavy atom. The number of hydrogen-bond donors (Lipinski definition) is 1. The van der Waals surface area contributed by atoms with Crippen molar-refractivity contribution in [3.8, 4) is 5.75 Å². The minimum absolute atomic E-state index is 0.245. The van der Waals surface area contributed by atoms with E-state index in [1.165, 1.54) is 0 Å². The van der Waals surface area contributed by atoms with Crippen LogP contribution in [-0.4, -0.2) is 67.6 Å². The van der Waals surface area contributed by atoms with Crippen LogP contribution in [0.4, 0.5) is 26.3 Å². The van der Waals surface area contributed by atoms with Gasteiger partial charge in [-0.2, -0.15) is 26.3 Å². The molecule has 1 aliphatic rings. The summed E-state index contributed by atoms with van der Waals surface area (Å²) in [6, 6.07) is 11.5. The number of ether oxygens (including phenoxy) is 3. The Balaban J connectivity index is 1.67. The molecule has 1 aliphatic heterocycles. The molecule has 184 valence electrons. The van der Waals surface area contributed by atoms with Gasteiger partial charge in [-0.1, -0.05) is 18.2 Å². The molecule has 0 aliphatic carbocycles. The SMILES string of the molecule is COCCOc1ccc([S+]2CCC(OCC(O)(C(F)(F)F)C(F)(F)F)CC2)c2ccccc12. The molecule has 0 saturated carbocycles. The standard InChI is InChI=1S/C22H25F6O4S/c1-30-10-11-31-18-6-7-19(17-5-3-2-4-16(17)18)33-12-8-15(9-13-33)32-14-20(29,21(23,24)25)22(26,27)28/h2-7,15,29H,8-14H2,1H3/q+1. The number of alkyl halides is 6. The summed E-state index contributed by atoms with van der Waals surface area (Å²) in [6.45, 7) is -1.03. The first-order valence-electron chi connectivity index (χ1n) is 10.3. The molecular formula is C22H25F6O4S+. The fraction of sp³-hybridized carbons (Fsp3) is 0.545. The highest BCUT2D eigenvalue weighted by Gasteiger charge is 2.70. The zero-order valence-electron chi connectivity index (χ0n) is 17.8. The summed E-state index contributed by atoms with van der Waals surface area (Å²) in [5, 5.41) is 11.2. The largest absolute Gasteiger partial charge is 0.491 e. The second kappa shape index (κ2) is 10.3. The monoisotopic (exact) mass is 499 g/mol. The van der Waals surface area contributed by atoms with E-state index in [0.717, 1.165) is 15.7 Å². The van der Waals surface area contributed by atoms with Crippen LogP contribution >= 0.6 is 0 Å². The molecule has 0 aromatic heterocycles. The second-order valence-corrected chi connectivity index (χ2v) is 9.96. The first-order valence-corrected chi connectivity index (χ1v) is 11.8. The third-order valence-electron chi connectivity index (χ3n) is 5.54. The van der Waals surface area contributed by atoms with Gasteiger partial charge in [0.1, 0.15) is 23.9 Å². The molecule has 33 heavy (non-hydrogen) atoms. The molecule has 1 N–H and O–H groups in total. The van der Waals surface area contributed by atoms with Crippen LogP contribution in [-0.2, 0) is 20.4 Å². The summed E-state index contributed by atoms with van der Waals surface area (Å²) in [4.78, 5) is 1.07. The van der Waals surface area contributed by atoms with Crippen molar-refractivity contribution in [1.82, 2.24) is 0 Å². The molecule has 11 heteroatoms. The van der Waals surface area contributed by atoms with E-state index in [2.05, 4.69) is 0 Å². The van der Waals surface area contributed by atoms with Crippen molar-refractivity contribution in [1.29, 1.82) is 0 Å². The Morgan fingerprint density at radius 3 is 2.09 bits per heavy atom. The van der Waals surface area contributed by atoms with E-state index in [1.807, 2.05) is 36.4 Å². The first kappa shape index (κ1) is 25.9. The highest BCUT2D eigenvalue weighted by Crippen LogP contribution is 2.43. The maximum Gasteiger partial charge on any atom is 0.428 e. The molecule has 0 amide bonds. The van der Waals surface area contributed by atoms with Crippen molar-refractivity contribution in [3.05, 3.63) is 36.4 Å². The van der Waals surface area contributed by atoms with Crippen molar-refractivity contribution in [2.45, 2.75) is 41.8 Å². The van der Waals surface area contributed by atoms with Gasteiger partial charge in [0.2, 0.25) is 0 Å². The molecule has 1 fully saturated rings. The van der Waals surface area contributed by atoms with Crippen LogP contribution < -0.4 is 4.74 Å². The number of rotatable bonds is 8. The van der Waals surface area contributed by atoms with Gasteiger partial charge in [-0.25, -0.2) is 0 Å². The van der Waals surface area contributed by atoms with Gasteiger partial charge < -0.3 is 19.3 Å². The zero-order valence-corrected chi connectivity index (χ0v) is 18.7. The van der Waals surface area contributed by atoms with Crippen LogP contribution in [0.1, 0.15) is 12.8 Å². The lowest BCUT2D eigenvalue weighted by Crippen LogP contribution is -2.60. The molecule has 0 bridgehead atoms. The van der Waals surface area contributed by atoms with Gasteiger partial charge in [-0.15, -0.1) is 0 Å². The van der Waals surface area contributed by atoms with E-state index < -0.39 is 30.7 Å². The average molecular weight is 499 g/mol. The van der Waals surface area contributed by atoms with E-state index in [1.54, 1.807) is 7.11 Å². The van der Waals surface area contributed by atoms with Crippen molar-refractivity contribution in [2.24, 2.45) is 0 Å². The van der Waals surface area contributed by atoms with Gasteiger partial charge in [0, 0.05) is 41.6 Å². The molecule has 0 unspecified atom stereocenters. The van der Waals surface area contributed by atoms with E-state index in [0.29, 0.717) is 43.3 Å². The molecular weight excluding hydrogens is 474 g/mol. The summed E-state index contributed by atoms with van der Waals surface area (Å²) in [6.07, 6.45) is -11.9. The highest BCUT2D eigenvalue weighted by atomic mass is 32.2. The molecule has 0 spiro atoms. The topological polar surface area (TPSA) is 47.9 Å². The summed E-state index contributed by atoms with van der Waals surface area (Å²) in [7, 11) is 1.34. The molecule has 1 heterocycles. The van der Waals surface area contributed by atoms with Gasteiger partial charge in [0.05, 0.1) is 19.3 Å². The van der Waals surface area contributed by atoms with Crippen molar-refractivity contribution >= 4 is 21.7 Å². The average Bonchev–Trinajstić information content (AvgIpc) is 2.76. The predicted molar refractivity (Wildman–Crippen MR) is 113 cm³/mol. The number of fused-ring (bicyclic) bond motifs is 1. The maximum absolute atomic E-state index is 12.9. The molecule has 2 aromatic rings. The summed E-state index contributed by atoms with van der Waals surface area (Å²) in [5.74, 6) is 1.84. The van der Waals surface area contributed by atoms with Crippen molar-refractivity contribution < 1.29 is 45.7 Å². The highest BCUT2D eigenvalue weighted by molar-refractivity contribution is 7.97. The van der Waals surface area contributed by atoms with Gasteiger partial charge in [0.15, 0.2) is 4.90 Å². The van der Waals surface area contributed by atoms with Gasteiger partial charge in [-0.3, -0.25) is 0 Å². The van der Waals surface area contributed by atoms with Crippen LogP contribution in [0.5, 0.6) is 5.75 Å². The van der Waals surface area contributed by atoms with Crippen molar-refractivity contribution in [2.75, 3.05) is 38.4 Å². The number of halogens is 6. The third kappa shape index (κ3) is 5.70. The normalized spacial score (nSPS) is 20.2. The summed E-state index contributed by atoms with van der Waals surface area (Å²) >= 11 is 0. The first-order chi connectivity index (χ1) is 15.5. The molecule has 1 saturated heterocycles. The number of hydrogen-bond acceptors (Lipinski definition) is 4. The number of aliphatic hydroxyl groups is 1. The predicted octanol–water partition coefficient (Wildman–Crippen LogP) is 4.88. The van der Waals surface area contributed by atoms with Gasteiger partial charge >= 0.3 is 12.4 Å². The zero-order chi connectivity index (χ0) is 24.3. The van der Waals surface area contributed by atoms with Gasteiger partial charge in [-0.05, 0) is 18.2 Å². The summed E-state index contributed by atoms with van der Waals surface area (Å²) in [5.41, 5.74) is -4.88. The molecule has 3 rings (SSSR count).